The van der Waals surface area contributed by atoms with Crippen LogP contribution in [0.1, 0.15) is 10.6 Å². The summed E-state index contributed by atoms with van der Waals surface area (Å²) >= 11 is 7.50. The van der Waals surface area contributed by atoms with Crippen molar-refractivity contribution in [1.82, 2.24) is 4.98 Å². The van der Waals surface area contributed by atoms with Crippen LogP contribution in [0.25, 0.3) is 0 Å². The number of hydrogen-bond donors (Lipinski definition) is 0. The number of halogens is 1. The third kappa shape index (κ3) is 3.42. The molecule has 19 heavy (non-hydrogen) atoms. The third-order valence-corrected chi connectivity index (χ3v) is 3.86. The van der Waals surface area contributed by atoms with E-state index in [0.717, 1.165) is 10.6 Å². The molecule has 0 atom stereocenters. The first kappa shape index (κ1) is 13.8. The number of non-ortho nitro benzene ring substituents is 1. The zero-order valence-electron chi connectivity index (χ0n) is 10.1. The third-order valence-electron chi connectivity index (χ3n) is 2.56. The van der Waals surface area contributed by atoms with Gasteiger partial charge in [0.05, 0.1) is 33.8 Å². The summed E-state index contributed by atoms with van der Waals surface area (Å²) in [6.07, 6.45) is 0.704. The van der Waals surface area contributed by atoms with Crippen molar-refractivity contribution >= 4 is 28.6 Å². The molecule has 0 radical (unpaired) electrons. The standard InChI is InChI=1S/C12H11ClN2O3S/c1-8-12(19-7-14-8)4-5-18-11-6-9(15(16)17)2-3-10(11)13/h2-3,6-7H,4-5H2,1H3. The first-order valence-corrected chi connectivity index (χ1v) is 6.79. The normalized spacial score (nSPS) is 10.4. The molecule has 0 aliphatic heterocycles. The molecule has 1 heterocycles. The predicted octanol–water partition coefficient (Wildman–Crippen LogP) is 3.63. The van der Waals surface area contributed by atoms with E-state index in [9.17, 15) is 10.1 Å². The van der Waals surface area contributed by atoms with Crippen molar-refractivity contribution < 1.29 is 9.66 Å². The van der Waals surface area contributed by atoms with E-state index in [0.29, 0.717) is 23.8 Å². The van der Waals surface area contributed by atoms with Crippen molar-refractivity contribution in [2.24, 2.45) is 0 Å². The van der Waals surface area contributed by atoms with Crippen LogP contribution in [-0.2, 0) is 6.42 Å². The number of aromatic nitrogens is 1. The Hall–Kier alpha value is -1.66. The van der Waals surface area contributed by atoms with Crippen LogP contribution in [0, 0.1) is 17.0 Å². The minimum Gasteiger partial charge on any atom is -0.491 e. The van der Waals surface area contributed by atoms with Crippen molar-refractivity contribution in [2.75, 3.05) is 6.61 Å². The van der Waals surface area contributed by atoms with Crippen LogP contribution in [0.5, 0.6) is 5.75 Å². The Balaban J connectivity index is 2.01. The van der Waals surface area contributed by atoms with E-state index < -0.39 is 4.92 Å². The lowest BCUT2D eigenvalue weighted by molar-refractivity contribution is -0.384. The lowest BCUT2D eigenvalue weighted by Gasteiger charge is -2.07. The van der Waals surface area contributed by atoms with Crippen molar-refractivity contribution in [3.63, 3.8) is 0 Å². The van der Waals surface area contributed by atoms with Crippen LogP contribution in [0.4, 0.5) is 5.69 Å². The van der Waals surface area contributed by atoms with Gasteiger partial charge in [0.25, 0.3) is 5.69 Å². The topological polar surface area (TPSA) is 65.3 Å². The minimum absolute atomic E-state index is 0.0339. The second-order valence-electron chi connectivity index (χ2n) is 3.83. The molecule has 0 fully saturated rings. The van der Waals surface area contributed by atoms with Gasteiger partial charge in [0.1, 0.15) is 5.75 Å². The second-order valence-corrected chi connectivity index (χ2v) is 5.18. The molecule has 0 N–H and O–H groups in total. The summed E-state index contributed by atoms with van der Waals surface area (Å²) in [5.74, 6) is 0.332. The van der Waals surface area contributed by atoms with Crippen LogP contribution >= 0.6 is 22.9 Å². The number of aryl methyl sites for hydroxylation is 1. The molecular weight excluding hydrogens is 288 g/mol. The zero-order chi connectivity index (χ0) is 13.8. The Kier molecular flexibility index (Phi) is 4.34. The average Bonchev–Trinajstić information content (AvgIpc) is 2.77. The maximum Gasteiger partial charge on any atom is 0.273 e. The van der Waals surface area contributed by atoms with E-state index in [2.05, 4.69) is 4.98 Å². The molecule has 2 aromatic rings. The smallest absolute Gasteiger partial charge is 0.273 e. The molecule has 0 spiro atoms. The van der Waals surface area contributed by atoms with Crippen LogP contribution in [0.3, 0.4) is 0 Å². The summed E-state index contributed by atoms with van der Waals surface area (Å²) in [7, 11) is 0. The van der Waals surface area contributed by atoms with Gasteiger partial charge in [-0.2, -0.15) is 0 Å². The van der Waals surface area contributed by atoms with E-state index in [-0.39, 0.29) is 5.69 Å². The van der Waals surface area contributed by atoms with Crippen LogP contribution in [0.15, 0.2) is 23.7 Å². The molecule has 1 aromatic carbocycles. The lowest BCUT2D eigenvalue weighted by Crippen LogP contribution is -2.02. The number of benzene rings is 1. The van der Waals surface area contributed by atoms with Gasteiger partial charge in [0.15, 0.2) is 0 Å². The number of hydrogen-bond acceptors (Lipinski definition) is 5. The fourth-order valence-corrected chi connectivity index (χ4v) is 2.47. The molecule has 0 aliphatic rings. The van der Waals surface area contributed by atoms with Gasteiger partial charge < -0.3 is 4.74 Å². The summed E-state index contributed by atoms with van der Waals surface area (Å²) in [6, 6.07) is 4.15. The highest BCUT2D eigenvalue weighted by atomic mass is 35.5. The van der Waals surface area contributed by atoms with Gasteiger partial charge in [-0.3, -0.25) is 10.1 Å². The number of rotatable bonds is 5. The summed E-state index contributed by atoms with van der Waals surface area (Å²) in [4.78, 5) is 15.5. The number of thiazole rings is 1. The largest absolute Gasteiger partial charge is 0.491 e. The fraction of sp³-hybridized carbons (Fsp3) is 0.250. The number of nitro groups is 1. The summed E-state index contributed by atoms with van der Waals surface area (Å²) < 4.78 is 5.50. The molecular formula is C12H11ClN2O3S. The van der Waals surface area contributed by atoms with E-state index >= 15 is 0 Å². The van der Waals surface area contributed by atoms with E-state index in [4.69, 9.17) is 16.3 Å². The highest BCUT2D eigenvalue weighted by Gasteiger charge is 2.11. The quantitative estimate of drug-likeness (QED) is 0.624. The molecule has 7 heteroatoms. The van der Waals surface area contributed by atoms with E-state index in [1.54, 1.807) is 16.8 Å². The fourth-order valence-electron chi connectivity index (χ4n) is 1.54. The zero-order valence-corrected chi connectivity index (χ0v) is 11.7. The van der Waals surface area contributed by atoms with Crippen molar-refractivity contribution in [1.29, 1.82) is 0 Å². The Labute approximate surface area is 119 Å². The molecule has 0 bridgehead atoms. The van der Waals surface area contributed by atoms with Gasteiger partial charge in [-0.1, -0.05) is 11.6 Å². The Morgan fingerprint density at radius 3 is 2.95 bits per heavy atom. The van der Waals surface area contributed by atoms with Gasteiger partial charge in [-0.15, -0.1) is 11.3 Å². The second kappa shape index (κ2) is 5.99. The molecule has 0 amide bonds. The van der Waals surface area contributed by atoms with Gasteiger partial charge in [-0.25, -0.2) is 4.98 Å². The minimum atomic E-state index is -0.476. The Bertz CT molecular complexity index is 600. The van der Waals surface area contributed by atoms with Crippen LogP contribution in [-0.4, -0.2) is 16.5 Å². The summed E-state index contributed by atoms with van der Waals surface area (Å²) in [5.41, 5.74) is 2.73. The number of nitro benzene ring substituents is 1. The molecule has 100 valence electrons. The van der Waals surface area contributed by atoms with Crippen LogP contribution < -0.4 is 4.74 Å². The van der Waals surface area contributed by atoms with Crippen LogP contribution in [0.2, 0.25) is 5.02 Å². The maximum absolute atomic E-state index is 10.7. The van der Waals surface area contributed by atoms with Gasteiger partial charge >= 0.3 is 0 Å². The van der Waals surface area contributed by atoms with Gasteiger partial charge in [0, 0.05) is 17.4 Å². The Morgan fingerprint density at radius 1 is 1.53 bits per heavy atom. The van der Waals surface area contributed by atoms with E-state index in [1.807, 2.05) is 6.92 Å². The predicted molar refractivity (Wildman–Crippen MR) is 74.2 cm³/mol. The van der Waals surface area contributed by atoms with Crippen molar-refractivity contribution in [2.45, 2.75) is 13.3 Å². The van der Waals surface area contributed by atoms with Crippen molar-refractivity contribution in [3.05, 3.63) is 49.4 Å². The molecule has 0 saturated heterocycles. The van der Waals surface area contributed by atoms with Gasteiger partial charge in [0.2, 0.25) is 0 Å². The monoisotopic (exact) mass is 298 g/mol. The maximum atomic E-state index is 10.7. The number of ether oxygens (including phenoxy) is 1. The Morgan fingerprint density at radius 2 is 2.32 bits per heavy atom. The van der Waals surface area contributed by atoms with Gasteiger partial charge in [-0.05, 0) is 13.0 Å². The molecule has 5 nitrogen and oxygen atoms in total. The van der Waals surface area contributed by atoms with E-state index in [1.165, 1.54) is 18.2 Å². The molecule has 0 saturated carbocycles. The number of nitrogens with zero attached hydrogens (tertiary/aromatic N) is 2. The highest BCUT2D eigenvalue weighted by Crippen LogP contribution is 2.29. The SMILES string of the molecule is Cc1ncsc1CCOc1cc([N+](=O)[O-])ccc1Cl. The molecule has 1 aromatic heterocycles. The van der Waals surface area contributed by atoms with Crippen molar-refractivity contribution in [3.8, 4) is 5.75 Å². The summed E-state index contributed by atoms with van der Waals surface area (Å²) in [6.45, 7) is 2.34. The molecule has 0 aliphatic carbocycles. The first-order chi connectivity index (χ1) is 9.08. The first-order valence-electron chi connectivity index (χ1n) is 5.53. The molecule has 2 rings (SSSR count). The molecule has 0 unspecified atom stereocenters. The summed E-state index contributed by atoms with van der Waals surface area (Å²) in [5, 5.41) is 11.0. The highest BCUT2D eigenvalue weighted by molar-refractivity contribution is 7.09. The average molecular weight is 299 g/mol. The lowest BCUT2D eigenvalue weighted by atomic mass is 10.3.